The summed E-state index contributed by atoms with van der Waals surface area (Å²) in [7, 11) is 1.31. The Morgan fingerprint density at radius 3 is 2.67 bits per heavy atom. The number of rotatable bonds is 3. The molecule has 0 aliphatic carbocycles. The number of aromatic nitrogens is 3. The number of pyridine rings is 1. The lowest BCUT2D eigenvalue weighted by Gasteiger charge is -2.42. The van der Waals surface area contributed by atoms with Crippen molar-refractivity contribution in [1.82, 2.24) is 20.3 Å². The molecular formula is C22H26BrN5O5. The highest BCUT2D eigenvalue weighted by molar-refractivity contribution is 9.10. The van der Waals surface area contributed by atoms with Crippen molar-refractivity contribution < 1.29 is 23.8 Å². The summed E-state index contributed by atoms with van der Waals surface area (Å²) in [6.07, 6.45) is 3.81. The Hall–Kier alpha value is -2.95. The van der Waals surface area contributed by atoms with Crippen molar-refractivity contribution in [2.24, 2.45) is 0 Å². The number of nitrogens with one attached hydrogen (secondary N) is 1. The van der Waals surface area contributed by atoms with Gasteiger partial charge in [-0.05, 0) is 48.8 Å². The Morgan fingerprint density at radius 1 is 1.27 bits per heavy atom. The van der Waals surface area contributed by atoms with Crippen LogP contribution in [0.1, 0.15) is 55.7 Å². The van der Waals surface area contributed by atoms with Crippen molar-refractivity contribution in [2.45, 2.75) is 50.9 Å². The van der Waals surface area contributed by atoms with Gasteiger partial charge in [0.2, 0.25) is 5.88 Å². The topological polar surface area (TPSA) is 116 Å². The normalized spacial score (nSPS) is 18.9. The van der Waals surface area contributed by atoms with Crippen LogP contribution >= 0.6 is 15.9 Å². The third-order valence-corrected chi connectivity index (χ3v) is 5.99. The van der Waals surface area contributed by atoms with E-state index in [2.05, 4.69) is 36.2 Å². The summed E-state index contributed by atoms with van der Waals surface area (Å²) in [4.78, 5) is 39.9. The number of hydrogen-bond acceptors (Lipinski definition) is 9. The first-order valence-electron chi connectivity index (χ1n) is 10.6. The van der Waals surface area contributed by atoms with Gasteiger partial charge in [-0.2, -0.15) is 0 Å². The minimum absolute atomic E-state index is 0.142. The predicted octanol–water partition coefficient (Wildman–Crippen LogP) is 3.42. The number of nitrogens with zero attached hydrogens (tertiary/aromatic N) is 4. The molecule has 1 N–H and O–H groups in total. The molecule has 10 nitrogen and oxygen atoms in total. The van der Waals surface area contributed by atoms with Gasteiger partial charge in [-0.25, -0.2) is 24.5 Å². The highest BCUT2D eigenvalue weighted by Crippen LogP contribution is 2.47. The molecule has 11 heteroatoms. The quantitative estimate of drug-likeness (QED) is 0.608. The molecule has 1 spiro atoms. The van der Waals surface area contributed by atoms with E-state index < -0.39 is 29.3 Å². The third kappa shape index (κ3) is 4.73. The first kappa shape index (κ1) is 23.2. The fourth-order valence-electron chi connectivity index (χ4n) is 4.19. The number of carbonyl (C=O) groups is 2. The smallest absolute Gasteiger partial charge is 0.408 e. The van der Waals surface area contributed by atoms with Gasteiger partial charge in [0.25, 0.3) is 0 Å². The van der Waals surface area contributed by atoms with Gasteiger partial charge in [0.1, 0.15) is 21.8 Å². The monoisotopic (exact) mass is 519 g/mol. The van der Waals surface area contributed by atoms with E-state index in [9.17, 15) is 9.59 Å². The van der Waals surface area contributed by atoms with Crippen LogP contribution in [-0.2, 0) is 9.47 Å². The van der Waals surface area contributed by atoms with Crippen LogP contribution in [0.25, 0.3) is 0 Å². The number of fused-ring (bicyclic) bond motifs is 1. The zero-order valence-electron chi connectivity index (χ0n) is 18.9. The lowest BCUT2D eigenvalue weighted by Crippen LogP contribution is -2.54. The zero-order chi connectivity index (χ0) is 23.8. The van der Waals surface area contributed by atoms with Crippen LogP contribution in [0, 0.1) is 0 Å². The van der Waals surface area contributed by atoms with Crippen molar-refractivity contribution in [1.29, 1.82) is 0 Å². The molecule has 4 heterocycles. The van der Waals surface area contributed by atoms with Gasteiger partial charge >= 0.3 is 12.1 Å². The number of piperidine rings is 1. The van der Waals surface area contributed by atoms with Crippen molar-refractivity contribution in [3.8, 4) is 5.88 Å². The van der Waals surface area contributed by atoms with Crippen LogP contribution in [0.4, 0.5) is 10.6 Å². The highest BCUT2D eigenvalue weighted by atomic mass is 79.9. The van der Waals surface area contributed by atoms with Crippen LogP contribution in [0.15, 0.2) is 29.1 Å². The first-order chi connectivity index (χ1) is 15.6. The number of amides is 1. The third-order valence-electron chi connectivity index (χ3n) is 5.61. The van der Waals surface area contributed by atoms with E-state index in [1.165, 1.54) is 7.11 Å². The Kier molecular flexibility index (Phi) is 6.17. The maximum Gasteiger partial charge on any atom is 0.408 e. The first-order valence-corrected chi connectivity index (χ1v) is 11.4. The maximum absolute atomic E-state index is 12.6. The molecule has 1 amide bonds. The van der Waals surface area contributed by atoms with Crippen LogP contribution in [0.5, 0.6) is 5.88 Å². The van der Waals surface area contributed by atoms with E-state index in [-0.39, 0.29) is 5.69 Å². The molecule has 0 aromatic carbocycles. The average molecular weight is 520 g/mol. The summed E-state index contributed by atoms with van der Waals surface area (Å²) in [5.74, 6) is 0.396. The number of methoxy groups -OCH3 is 1. The summed E-state index contributed by atoms with van der Waals surface area (Å²) in [6, 6.07) is 3.30. The summed E-state index contributed by atoms with van der Waals surface area (Å²) >= 11 is 3.26. The van der Waals surface area contributed by atoms with Crippen molar-refractivity contribution >= 4 is 33.8 Å². The Bertz CT molecular complexity index is 1070. The molecule has 176 valence electrons. The fraction of sp³-hybridized carbons (Fsp3) is 0.500. The average Bonchev–Trinajstić information content (AvgIpc) is 3.05. The second-order valence-electron chi connectivity index (χ2n) is 8.99. The van der Waals surface area contributed by atoms with E-state index in [1.54, 1.807) is 12.4 Å². The van der Waals surface area contributed by atoms with Gasteiger partial charge in [0.05, 0.1) is 13.3 Å². The van der Waals surface area contributed by atoms with Crippen molar-refractivity contribution in [2.75, 3.05) is 25.1 Å². The van der Waals surface area contributed by atoms with Gasteiger partial charge in [-0.3, -0.25) is 0 Å². The molecule has 1 atom stereocenters. The number of carbonyl (C=O) groups excluding carboxylic acids is 2. The summed E-state index contributed by atoms with van der Waals surface area (Å²) in [6.45, 7) is 6.51. The highest BCUT2D eigenvalue weighted by Gasteiger charge is 2.52. The molecule has 1 fully saturated rings. The number of ether oxygens (including phenoxy) is 3. The lowest BCUT2D eigenvalue weighted by molar-refractivity contribution is 0.0131. The molecule has 2 aliphatic rings. The van der Waals surface area contributed by atoms with Crippen LogP contribution in [-0.4, -0.2) is 58.4 Å². The number of halogens is 1. The largest absolute Gasteiger partial charge is 0.468 e. The summed E-state index contributed by atoms with van der Waals surface area (Å²) in [5, 5.41) is 3.00. The molecule has 0 unspecified atom stereocenters. The maximum atomic E-state index is 12.6. The number of hydrogen-bond donors (Lipinski definition) is 1. The second kappa shape index (κ2) is 8.77. The van der Waals surface area contributed by atoms with Crippen LogP contribution in [0.3, 0.4) is 0 Å². The number of alkyl carbamates (subject to hydrolysis) is 1. The van der Waals surface area contributed by atoms with Crippen LogP contribution < -0.4 is 15.0 Å². The lowest BCUT2D eigenvalue weighted by atomic mass is 9.82. The molecular weight excluding hydrogens is 494 g/mol. The molecule has 33 heavy (non-hydrogen) atoms. The zero-order valence-corrected chi connectivity index (χ0v) is 20.5. The molecule has 0 bridgehead atoms. The molecule has 0 saturated carbocycles. The summed E-state index contributed by atoms with van der Waals surface area (Å²) < 4.78 is 17.2. The molecule has 0 radical (unpaired) electrons. The van der Waals surface area contributed by atoms with Gasteiger partial charge in [0.15, 0.2) is 11.5 Å². The Morgan fingerprint density at radius 2 is 2.00 bits per heavy atom. The second-order valence-corrected chi connectivity index (χ2v) is 9.80. The number of esters is 1. The molecule has 2 aromatic rings. The van der Waals surface area contributed by atoms with Gasteiger partial charge in [0, 0.05) is 37.7 Å². The van der Waals surface area contributed by atoms with Gasteiger partial charge < -0.3 is 24.4 Å². The van der Waals surface area contributed by atoms with E-state index in [4.69, 9.17) is 14.2 Å². The van der Waals surface area contributed by atoms with E-state index in [0.29, 0.717) is 42.2 Å². The van der Waals surface area contributed by atoms with E-state index in [1.807, 2.05) is 37.8 Å². The molecule has 2 aliphatic heterocycles. The number of anilines is 1. The standard InChI is InChI=1S/C22H26BrN5O5/c1-21(2,3)33-20(30)27-16-13-6-5-9-24-18(13)32-22(16)7-10-28(11-8-22)17-15(19(29)31-4)26-14(23)12-25-17/h5-6,9,12,16H,7-8,10-11H2,1-4H3,(H,27,30)/t16-/m1/s1. The molecule has 4 rings (SSSR count). The Balaban J connectivity index is 1.57. The van der Waals surface area contributed by atoms with Gasteiger partial charge in [-0.1, -0.05) is 0 Å². The Labute approximate surface area is 200 Å². The minimum Gasteiger partial charge on any atom is -0.468 e. The predicted molar refractivity (Wildman–Crippen MR) is 122 cm³/mol. The van der Waals surface area contributed by atoms with Crippen molar-refractivity contribution in [3.05, 3.63) is 40.4 Å². The van der Waals surface area contributed by atoms with Crippen LogP contribution in [0.2, 0.25) is 0 Å². The molecule has 2 aromatic heterocycles. The van der Waals surface area contributed by atoms with Crippen molar-refractivity contribution in [3.63, 3.8) is 0 Å². The fourth-order valence-corrected chi connectivity index (χ4v) is 4.47. The summed E-state index contributed by atoms with van der Waals surface area (Å²) in [5.41, 5.74) is -0.361. The SMILES string of the molecule is COC(=O)c1nc(Br)cnc1N1CCC2(CC1)Oc1ncccc1[C@H]2NC(=O)OC(C)(C)C. The van der Waals surface area contributed by atoms with E-state index >= 15 is 0 Å². The van der Waals surface area contributed by atoms with E-state index in [0.717, 1.165) is 5.56 Å². The molecule has 1 saturated heterocycles. The van der Waals surface area contributed by atoms with Gasteiger partial charge in [-0.15, -0.1) is 0 Å². The minimum atomic E-state index is -0.696.